The van der Waals surface area contributed by atoms with Crippen molar-refractivity contribution >= 4 is 23.0 Å². The lowest BCUT2D eigenvalue weighted by Crippen LogP contribution is -1.98. The number of nitrogen functional groups attached to an aromatic ring is 1. The molecule has 102 valence electrons. The molecule has 0 aromatic heterocycles. The van der Waals surface area contributed by atoms with Crippen LogP contribution in [-0.2, 0) is 0 Å². The highest BCUT2D eigenvalue weighted by molar-refractivity contribution is 5.96. The lowest BCUT2D eigenvalue weighted by atomic mass is 10.1. The van der Waals surface area contributed by atoms with Crippen molar-refractivity contribution in [3.8, 4) is 5.75 Å². The summed E-state index contributed by atoms with van der Waals surface area (Å²) >= 11 is 0. The summed E-state index contributed by atoms with van der Waals surface area (Å²) in [6.45, 7) is 1.61. The Morgan fingerprint density at radius 2 is 1.75 bits per heavy atom. The molecule has 0 bridgehead atoms. The molecule has 6 nitrogen and oxygen atoms in total. The van der Waals surface area contributed by atoms with Crippen LogP contribution in [0, 0.1) is 6.92 Å². The van der Waals surface area contributed by atoms with E-state index in [2.05, 4.69) is 10.2 Å². The summed E-state index contributed by atoms with van der Waals surface area (Å²) in [7, 11) is 0. The Kier molecular flexibility index (Phi) is 3.65. The van der Waals surface area contributed by atoms with E-state index in [1.165, 1.54) is 6.07 Å². The zero-order chi connectivity index (χ0) is 14.7. The minimum atomic E-state index is -1.25. The fourth-order valence-corrected chi connectivity index (χ4v) is 1.63. The van der Waals surface area contributed by atoms with Gasteiger partial charge in [0, 0.05) is 5.69 Å². The van der Waals surface area contributed by atoms with Crippen LogP contribution in [0.3, 0.4) is 0 Å². The van der Waals surface area contributed by atoms with Gasteiger partial charge in [-0.15, -0.1) is 5.11 Å². The highest BCUT2D eigenvalue weighted by Gasteiger charge is 2.17. The number of phenols is 1. The third-order valence-electron chi connectivity index (χ3n) is 2.74. The van der Waals surface area contributed by atoms with Gasteiger partial charge in [0.1, 0.15) is 17.0 Å². The molecule has 0 unspecified atom stereocenters. The fourth-order valence-electron chi connectivity index (χ4n) is 1.63. The molecule has 0 saturated heterocycles. The number of aromatic hydroxyl groups is 1. The van der Waals surface area contributed by atoms with Crippen LogP contribution < -0.4 is 5.73 Å². The van der Waals surface area contributed by atoms with E-state index >= 15 is 0 Å². The molecule has 0 heterocycles. The number of aryl methyl sites for hydroxylation is 1. The SMILES string of the molecule is Cc1ccc(N=Nc2ccc(N)cc2)c(C(=O)O)c1O. The van der Waals surface area contributed by atoms with E-state index in [0.717, 1.165) is 0 Å². The van der Waals surface area contributed by atoms with E-state index in [0.29, 0.717) is 16.9 Å². The van der Waals surface area contributed by atoms with Crippen molar-refractivity contribution in [1.29, 1.82) is 0 Å². The average Bonchev–Trinajstić information content (AvgIpc) is 2.41. The van der Waals surface area contributed by atoms with E-state index in [1.807, 2.05) is 0 Å². The zero-order valence-corrected chi connectivity index (χ0v) is 10.7. The highest BCUT2D eigenvalue weighted by atomic mass is 16.4. The van der Waals surface area contributed by atoms with Gasteiger partial charge in [-0.25, -0.2) is 4.79 Å². The topological polar surface area (TPSA) is 108 Å². The van der Waals surface area contributed by atoms with E-state index in [1.54, 1.807) is 37.3 Å². The van der Waals surface area contributed by atoms with Crippen molar-refractivity contribution in [3.05, 3.63) is 47.5 Å². The number of carboxylic acids is 1. The van der Waals surface area contributed by atoms with Gasteiger partial charge < -0.3 is 15.9 Å². The van der Waals surface area contributed by atoms with Crippen molar-refractivity contribution in [2.24, 2.45) is 10.2 Å². The Morgan fingerprint density at radius 1 is 1.10 bits per heavy atom. The molecule has 0 aliphatic heterocycles. The molecule has 0 saturated carbocycles. The second-order valence-electron chi connectivity index (χ2n) is 4.22. The van der Waals surface area contributed by atoms with Crippen LogP contribution in [0.5, 0.6) is 5.75 Å². The van der Waals surface area contributed by atoms with Gasteiger partial charge in [-0.05, 0) is 42.8 Å². The summed E-state index contributed by atoms with van der Waals surface area (Å²) in [4.78, 5) is 11.2. The van der Waals surface area contributed by atoms with Gasteiger partial charge in [0.05, 0.1) is 5.69 Å². The van der Waals surface area contributed by atoms with Crippen LogP contribution >= 0.6 is 0 Å². The number of hydrogen-bond acceptors (Lipinski definition) is 5. The standard InChI is InChI=1S/C14H13N3O3/c1-8-2-7-11(12(13(8)18)14(19)20)17-16-10-5-3-9(15)4-6-10/h2-7,18H,15H2,1H3,(H,19,20). The van der Waals surface area contributed by atoms with Gasteiger partial charge in [0.2, 0.25) is 0 Å². The largest absolute Gasteiger partial charge is 0.507 e. The Hall–Kier alpha value is -2.89. The molecule has 4 N–H and O–H groups in total. The molecule has 2 aromatic carbocycles. The first-order valence-corrected chi connectivity index (χ1v) is 5.82. The summed E-state index contributed by atoms with van der Waals surface area (Å²) in [6, 6.07) is 9.73. The molecule has 0 spiro atoms. The molecule has 2 aromatic rings. The Balaban J connectivity index is 2.41. The second kappa shape index (κ2) is 5.40. The quantitative estimate of drug-likeness (QED) is 0.587. The number of carboxylic acid groups (broad SMARTS) is 1. The molecule has 6 heteroatoms. The summed E-state index contributed by atoms with van der Waals surface area (Å²) in [5.74, 6) is -1.55. The van der Waals surface area contributed by atoms with Crippen molar-refractivity contribution in [2.45, 2.75) is 6.92 Å². The van der Waals surface area contributed by atoms with Gasteiger partial charge in [0.15, 0.2) is 0 Å². The molecule has 0 aliphatic rings. The first-order chi connectivity index (χ1) is 9.49. The normalized spacial score (nSPS) is 10.8. The van der Waals surface area contributed by atoms with Gasteiger partial charge in [-0.2, -0.15) is 5.11 Å². The molecule has 0 radical (unpaired) electrons. The second-order valence-corrected chi connectivity index (χ2v) is 4.22. The maximum absolute atomic E-state index is 11.2. The Morgan fingerprint density at radius 3 is 2.35 bits per heavy atom. The van der Waals surface area contributed by atoms with Crippen molar-refractivity contribution < 1.29 is 15.0 Å². The van der Waals surface area contributed by atoms with Gasteiger partial charge in [0.25, 0.3) is 0 Å². The van der Waals surface area contributed by atoms with Gasteiger partial charge in [-0.3, -0.25) is 0 Å². The molecule has 0 aliphatic carbocycles. The first-order valence-electron chi connectivity index (χ1n) is 5.82. The van der Waals surface area contributed by atoms with Crippen LogP contribution in [0.1, 0.15) is 15.9 Å². The molecule has 0 fully saturated rings. The first kappa shape index (κ1) is 13.5. The Labute approximate surface area is 115 Å². The lowest BCUT2D eigenvalue weighted by Gasteiger charge is -2.05. The monoisotopic (exact) mass is 271 g/mol. The molecular weight excluding hydrogens is 258 g/mol. The summed E-state index contributed by atoms with van der Waals surface area (Å²) in [5, 5.41) is 26.7. The average molecular weight is 271 g/mol. The number of carbonyl (C=O) groups is 1. The van der Waals surface area contributed by atoms with Gasteiger partial charge in [-0.1, -0.05) is 6.07 Å². The van der Waals surface area contributed by atoms with Crippen LogP contribution in [-0.4, -0.2) is 16.2 Å². The predicted octanol–water partition coefficient (Wildman–Crippen LogP) is 3.40. The number of benzene rings is 2. The Bertz CT molecular complexity index is 679. The van der Waals surface area contributed by atoms with Crippen molar-refractivity contribution in [1.82, 2.24) is 0 Å². The van der Waals surface area contributed by atoms with Crippen molar-refractivity contribution in [2.75, 3.05) is 5.73 Å². The number of rotatable bonds is 3. The zero-order valence-electron chi connectivity index (χ0n) is 10.7. The summed E-state index contributed by atoms with van der Waals surface area (Å²) in [5.41, 5.74) is 6.99. The minimum Gasteiger partial charge on any atom is -0.507 e. The number of anilines is 1. The molecule has 0 atom stereocenters. The smallest absolute Gasteiger partial charge is 0.341 e. The predicted molar refractivity (Wildman–Crippen MR) is 74.8 cm³/mol. The van der Waals surface area contributed by atoms with Crippen LogP contribution in [0.2, 0.25) is 0 Å². The molecular formula is C14H13N3O3. The maximum Gasteiger partial charge on any atom is 0.341 e. The summed E-state index contributed by atoms with van der Waals surface area (Å²) < 4.78 is 0. The molecule has 0 amide bonds. The van der Waals surface area contributed by atoms with Crippen molar-refractivity contribution in [3.63, 3.8) is 0 Å². The minimum absolute atomic E-state index is 0.0948. The lowest BCUT2D eigenvalue weighted by molar-refractivity contribution is 0.0694. The van der Waals surface area contributed by atoms with Crippen LogP contribution in [0.15, 0.2) is 46.6 Å². The number of nitrogens with zero attached hydrogens (tertiary/aromatic N) is 2. The van der Waals surface area contributed by atoms with Crippen LogP contribution in [0.25, 0.3) is 0 Å². The third kappa shape index (κ3) is 2.74. The van der Waals surface area contributed by atoms with Crippen LogP contribution in [0.4, 0.5) is 17.1 Å². The maximum atomic E-state index is 11.2. The number of azo groups is 1. The highest BCUT2D eigenvalue weighted by Crippen LogP contribution is 2.32. The van der Waals surface area contributed by atoms with E-state index in [9.17, 15) is 9.90 Å². The number of hydrogen-bond donors (Lipinski definition) is 3. The van der Waals surface area contributed by atoms with E-state index < -0.39 is 5.97 Å². The summed E-state index contributed by atoms with van der Waals surface area (Å²) in [6.07, 6.45) is 0. The molecule has 20 heavy (non-hydrogen) atoms. The third-order valence-corrected chi connectivity index (χ3v) is 2.74. The van der Waals surface area contributed by atoms with Gasteiger partial charge >= 0.3 is 5.97 Å². The fraction of sp³-hybridized carbons (Fsp3) is 0.0714. The van der Waals surface area contributed by atoms with E-state index in [-0.39, 0.29) is 17.0 Å². The molecule has 2 rings (SSSR count). The van der Waals surface area contributed by atoms with E-state index in [4.69, 9.17) is 10.8 Å². The number of nitrogens with two attached hydrogens (primary N) is 1. The number of aromatic carboxylic acids is 1.